The van der Waals surface area contributed by atoms with Crippen LogP contribution in [0.5, 0.6) is 0 Å². The number of para-hydroxylation sites is 2. The smallest absolute Gasteiger partial charge is 1.00 e. The van der Waals surface area contributed by atoms with Crippen molar-refractivity contribution >= 4 is 120 Å². The number of carbonyl (C=O) groups is 8. The molecule has 7 aromatic rings. The summed E-state index contributed by atoms with van der Waals surface area (Å²) >= 11 is 20.2. The summed E-state index contributed by atoms with van der Waals surface area (Å²) in [6.45, 7) is -0.365. The van der Waals surface area contributed by atoms with Crippen molar-refractivity contribution in [3.63, 3.8) is 0 Å². The zero-order valence-electron chi connectivity index (χ0n) is 57.9. The van der Waals surface area contributed by atoms with E-state index in [4.69, 9.17) is 67.2 Å². The number of ketones is 1. The van der Waals surface area contributed by atoms with E-state index >= 15 is 0 Å². The molecule has 0 bridgehead atoms. The number of carbonyl (C=O) groups excluding carboxylic acids is 7. The van der Waals surface area contributed by atoms with E-state index < -0.39 is 41.1 Å². The van der Waals surface area contributed by atoms with Gasteiger partial charge in [0.1, 0.15) is 36.3 Å². The van der Waals surface area contributed by atoms with E-state index in [1.165, 1.54) is 91.8 Å². The molecule has 0 saturated heterocycles. The van der Waals surface area contributed by atoms with Crippen LogP contribution < -0.4 is 141 Å². The Kier molecular flexibility index (Phi) is 44.7. The largest absolute Gasteiger partial charge is 1.00 e. The van der Waals surface area contributed by atoms with Gasteiger partial charge in [-0.3, -0.25) is 47.7 Å². The van der Waals surface area contributed by atoms with Crippen LogP contribution in [0.25, 0.3) is 21.8 Å². The van der Waals surface area contributed by atoms with Crippen molar-refractivity contribution in [3.8, 4) is 0 Å². The van der Waals surface area contributed by atoms with Crippen LogP contribution >= 0.6 is 50.7 Å². The minimum atomic E-state index is -1.02. The molecule has 3 aliphatic rings. The minimum absolute atomic E-state index is 0. The van der Waals surface area contributed by atoms with E-state index in [-0.39, 0.29) is 206 Å². The second kappa shape index (κ2) is 49.9. The molecule has 2 heterocycles. The Hall–Kier alpha value is -4.71. The van der Waals surface area contributed by atoms with Crippen LogP contribution in [0.15, 0.2) is 103 Å². The number of halogens is 7. The Morgan fingerprint density at radius 3 is 1.46 bits per heavy atom. The van der Waals surface area contributed by atoms with E-state index in [0.29, 0.717) is 63.2 Å². The summed E-state index contributed by atoms with van der Waals surface area (Å²) in [6.07, 6.45) is 21.8. The molecule has 5 aromatic carbocycles. The zero-order chi connectivity index (χ0) is 72.2. The molecule has 0 radical (unpaired) electrons. The number of carboxylic acids is 1. The van der Waals surface area contributed by atoms with Crippen molar-refractivity contribution in [3.05, 3.63) is 164 Å². The SMILES string of the molecule is NC(=O)c1nn(CC(=O)N(CC(=O)NCc2cccc(Cl)c2F)C2CCCCCC2)c2ccccc12.NC(=O)c1nn(CC(=O)O)c2ccccc12.NC1CCCCCC1.O=C(CBr)CCc1cccc(Cl)c1F.O=C(CNC1CCCCCC1)NCc1cccc(Cl)c1F.O=CO[O-].[H-].[K+].[K+]. The standard InChI is InChI=1S/C26H29ClFN5O3.C16H22ClFN2O.C10H9BrClFO.C10H9N3O3.C7H15N.CH2O3.2K.H/c27-20-12-7-8-17(24(20)28)14-30-22(34)15-32(18-9-3-1-2-4-10-18)23(35)16-33-21-13-6-5-11-19(21)25(31-33)26(29)36;17-14-9-5-6-12(16(14)18)10-20-15(21)11-19-13-7-3-1-2-4-8-13;11-6-8(14)5-4-7-2-1-3-9(12)10(7)13;11-10(16)9-6-3-1-2-4-7(6)13(12-9)5-8(14)15;8-7-5-3-1-2-4-6-7;2-1-4-3;;;/h5-8,11-13,18H,1-4,9-10,14-16H2,(H2,29,36)(H,30,34);5-6,9,13,19H,1-4,7-8,10-11H2,(H,20,21);1-3H,4-6H2;1-4H,5H2,(H2,11,16)(H,14,15);7H,1-6,8H2;1,3H;;;/q;;;;;;2*+1;-1/p-1. The first kappa shape index (κ1) is 90.5. The average molecular weight is 1580 g/mol. The first-order chi connectivity index (χ1) is 47.6. The van der Waals surface area contributed by atoms with Crippen molar-refractivity contribution in [2.75, 3.05) is 18.4 Å². The van der Waals surface area contributed by atoms with Crippen LogP contribution in [0.1, 0.15) is 161 Å². The van der Waals surface area contributed by atoms with E-state index in [9.17, 15) is 46.7 Å². The summed E-state index contributed by atoms with van der Waals surface area (Å²) in [5, 5.41) is 35.6. The Balaban J connectivity index is 0.000000458. The maximum absolute atomic E-state index is 14.2. The third-order valence-corrected chi connectivity index (χ3v) is 18.0. The number of aliphatic carboxylic acids is 1. The molecule has 0 aliphatic heterocycles. The first-order valence-electron chi connectivity index (χ1n) is 32.7. The predicted octanol–water partition coefficient (Wildman–Crippen LogP) is 5.02. The number of rotatable bonds is 21. The molecule has 3 saturated carbocycles. The molecule has 3 fully saturated rings. The van der Waals surface area contributed by atoms with Crippen molar-refractivity contribution in [1.29, 1.82) is 0 Å². The maximum atomic E-state index is 14.2. The molecule has 10 N–H and O–H groups in total. The zero-order valence-corrected chi connectivity index (χ0v) is 67.0. The molecule has 101 heavy (non-hydrogen) atoms. The van der Waals surface area contributed by atoms with Gasteiger partial charge in [-0.25, -0.2) is 13.2 Å². The summed E-state index contributed by atoms with van der Waals surface area (Å²) in [4.78, 5) is 95.7. The number of aromatic nitrogens is 4. The summed E-state index contributed by atoms with van der Waals surface area (Å²) < 4.78 is 43.9. The molecule has 3 aliphatic carbocycles. The van der Waals surface area contributed by atoms with Crippen LogP contribution in [0.3, 0.4) is 0 Å². The molecular formula is C70H86BrCl3F3K2N11O11. The van der Waals surface area contributed by atoms with Crippen molar-refractivity contribution in [2.24, 2.45) is 17.2 Å². The topological polar surface area (TPSA) is 342 Å². The molecule has 2 aromatic heterocycles. The number of amides is 5. The minimum Gasteiger partial charge on any atom is -1.00 e. The summed E-state index contributed by atoms with van der Waals surface area (Å²) in [7, 11) is 0. The van der Waals surface area contributed by atoms with Crippen LogP contribution in [0.2, 0.25) is 15.1 Å². The molecule has 31 heteroatoms. The third-order valence-electron chi connectivity index (χ3n) is 16.5. The molecule has 22 nitrogen and oxygen atoms in total. The number of nitrogens with zero attached hydrogens (tertiary/aromatic N) is 5. The fraction of sp³-hybridized carbons (Fsp3) is 0.429. The van der Waals surface area contributed by atoms with E-state index in [0.717, 1.165) is 51.4 Å². The van der Waals surface area contributed by atoms with Gasteiger partial charge in [0.25, 0.3) is 18.3 Å². The maximum Gasteiger partial charge on any atom is 1.00 e. The predicted molar refractivity (Wildman–Crippen MR) is 376 cm³/mol. The molecule has 0 atom stereocenters. The number of aryl methyl sites for hydroxylation is 1. The summed E-state index contributed by atoms with van der Waals surface area (Å²) in [5.41, 5.74) is 18.9. The quantitative estimate of drug-likeness (QED) is 0.0124. The fourth-order valence-corrected chi connectivity index (χ4v) is 12.2. The van der Waals surface area contributed by atoms with Crippen LogP contribution in [0, 0.1) is 17.5 Å². The monoisotopic (exact) mass is 1580 g/mol. The molecule has 5 amide bonds. The van der Waals surface area contributed by atoms with Gasteiger partial charge < -0.3 is 54.7 Å². The molecule has 0 unspecified atom stereocenters. The number of benzene rings is 5. The number of hydrogen-bond donors (Lipinski definition) is 7. The number of primary amides is 2. The number of hydrogen-bond acceptors (Lipinski definition) is 14. The normalized spacial score (nSPS) is 13.8. The fourth-order valence-electron chi connectivity index (χ4n) is 11.3. The van der Waals surface area contributed by atoms with Gasteiger partial charge in [-0.05, 0) is 80.8 Å². The van der Waals surface area contributed by atoms with Gasteiger partial charge in [-0.1, -0.05) is 201 Å². The second-order valence-electron chi connectivity index (χ2n) is 23.7. The number of carboxylic acid groups (broad SMARTS) is 1. The van der Waals surface area contributed by atoms with Gasteiger partial charge in [0.05, 0.1) is 44.5 Å². The van der Waals surface area contributed by atoms with Crippen LogP contribution in [-0.2, 0) is 66.3 Å². The third kappa shape index (κ3) is 31.9. The number of nitrogens with one attached hydrogen (secondary N) is 3. The number of alkyl halides is 1. The van der Waals surface area contributed by atoms with Crippen molar-refractivity contribution < 1.29 is 171 Å². The second-order valence-corrected chi connectivity index (χ2v) is 25.5. The molecule has 538 valence electrons. The van der Waals surface area contributed by atoms with E-state index in [1.54, 1.807) is 89.8 Å². The van der Waals surface area contributed by atoms with Crippen LogP contribution in [-0.4, -0.2) is 114 Å². The van der Waals surface area contributed by atoms with Gasteiger partial charge in [-0.2, -0.15) is 10.2 Å². The van der Waals surface area contributed by atoms with E-state index in [1.807, 2.05) is 0 Å². The molecule has 10 rings (SSSR count). The van der Waals surface area contributed by atoms with Crippen molar-refractivity contribution in [2.45, 2.75) is 173 Å². The average Bonchev–Trinajstić information content (AvgIpc) is 1.60. The first-order valence-corrected chi connectivity index (χ1v) is 35.0. The Morgan fingerprint density at radius 2 is 1.02 bits per heavy atom. The number of fused-ring (bicyclic) bond motifs is 2. The van der Waals surface area contributed by atoms with E-state index in [2.05, 4.69) is 47.0 Å². The van der Waals surface area contributed by atoms with Crippen LogP contribution in [0.4, 0.5) is 13.2 Å². The number of nitrogens with two attached hydrogens (primary N) is 3. The summed E-state index contributed by atoms with van der Waals surface area (Å²) in [6, 6.07) is 29.0. The molecule has 0 spiro atoms. The Morgan fingerprint density at radius 1 is 0.614 bits per heavy atom. The van der Waals surface area contributed by atoms with Gasteiger partial charge >= 0.3 is 109 Å². The number of Topliss-reactive ketones (excluding diaryl/α,β-unsaturated/α-hetero) is 1. The van der Waals surface area contributed by atoms with Gasteiger partial charge in [-0.15, -0.1) is 0 Å². The summed E-state index contributed by atoms with van der Waals surface area (Å²) in [5.74, 6) is -4.55. The van der Waals surface area contributed by atoms with Gasteiger partial charge in [0.15, 0.2) is 11.4 Å². The van der Waals surface area contributed by atoms with Gasteiger partial charge in [0.2, 0.25) is 17.7 Å². The Labute approximate surface area is 695 Å². The molecular weight excluding hydrogens is 1490 g/mol. The van der Waals surface area contributed by atoms with Gasteiger partial charge in [0, 0.05) is 59.5 Å². The Bertz CT molecular complexity index is 3790. The van der Waals surface area contributed by atoms with Crippen molar-refractivity contribution in [1.82, 2.24) is 40.4 Å².